The first kappa shape index (κ1) is 33.2. The number of fused-ring (bicyclic) bond motifs is 1. The van der Waals surface area contributed by atoms with Crippen LogP contribution in [-0.2, 0) is 23.9 Å². The lowest BCUT2D eigenvalue weighted by Gasteiger charge is -2.30. The number of thiazole rings is 1. The molecule has 0 spiro atoms. The molecule has 2 N–H and O–H groups in total. The van der Waals surface area contributed by atoms with Crippen LogP contribution in [0.2, 0.25) is 5.02 Å². The van der Waals surface area contributed by atoms with Crippen molar-refractivity contribution in [3.05, 3.63) is 62.2 Å². The van der Waals surface area contributed by atoms with Crippen LogP contribution in [0.25, 0.3) is 0 Å². The van der Waals surface area contributed by atoms with Crippen LogP contribution in [0.3, 0.4) is 0 Å². The number of nitrogens with zero attached hydrogens (tertiary/aromatic N) is 4. The number of hydrogen-bond donors (Lipinski definition) is 2. The number of carboxylic acid groups (broad SMARTS) is 1. The first-order valence-corrected chi connectivity index (χ1v) is 15.1. The number of halogens is 5. The number of amidine groups is 1. The molecule has 17 heteroatoms. The third-order valence-electron chi connectivity index (χ3n) is 8.09. The lowest BCUT2D eigenvalue weighted by atomic mass is 9.95. The maximum atomic E-state index is 15.6. The normalized spacial score (nSPS) is 24.6. The zero-order valence-corrected chi connectivity index (χ0v) is 25.9. The summed E-state index contributed by atoms with van der Waals surface area (Å²) < 4.78 is 70.2. The van der Waals surface area contributed by atoms with Gasteiger partial charge in [-0.05, 0) is 19.9 Å². The minimum Gasteiger partial charge on any atom is -0.479 e. The number of carbonyl (C=O) groups excluding carboxylic acids is 1. The standard InChI is InChI=1S/C28H30ClF4N5O6S/c1-4-43-25(39)18-16(35-23(24-34-8-10-45-24)36-21(18)14-5-6-15(30)20(31)19(14)29)11-37-13-28(32,33)22-17(37)12-44-38(22)9-7-27(2,42-3)26(40)41/h5-6,8,10,17,21-22H,4,7,9,11-13H2,1-3H3,(H,35,36)(H,40,41)/t17-,21+,22+,27+/m1/s1. The number of hydrogen-bond acceptors (Lipinski definition) is 11. The van der Waals surface area contributed by atoms with E-state index in [1.54, 1.807) is 12.3 Å². The number of aliphatic carboxylic acids is 1. The van der Waals surface area contributed by atoms with Crippen molar-refractivity contribution in [3.63, 3.8) is 0 Å². The van der Waals surface area contributed by atoms with Gasteiger partial charge in [-0.2, -0.15) is 5.06 Å². The van der Waals surface area contributed by atoms with Crippen LogP contribution < -0.4 is 5.32 Å². The van der Waals surface area contributed by atoms with Crippen molar-refractivity contribution in [3.8, 4) is 0 Å². The number of benzene rings is 1. The fraction of sp³-hybridized carbons (Fsp3) is 0.500. The fourth-order valence-corrected chi connectivity index (χ4v) is 6.45. The maximum absolute atomic E-state index is 15.6. The fourth-order valence-electron chi connectivity index (χ4n) is 5.61. The Morgan fingerprint density at radius 2 is 2.09 bits per heavy atom. The number of rotatable bonds is 11. The topological polar surface area (TPSA) is 126 Å². The number of ether oxygens (including phenoxy) is 2. The van der Waals surface area contributed by atoms with E-state index < -0.39 is 64.8 Å². The molecule has 244 valence electrons. The summed E-state index contributed by atoms with van der Waals surface area (Å²) in [5, 5.41) is 15.1. The van der Waals surface area contributed by atoms with Crippen molar-refractivity contribution in [2.45, 2.75) is 49.9 Å². The molecule has 0 bridgehead atoms. The zero-order valence-electron chi connectivity index (χ0n) is 24.4. The Morgan fingerprint density at radius 3 is 2.73 bits per heavy atom. The highest BCUT2D eigenvalue weighted by atomic mass is 35.5. The second kappa shape index (κ2) is 12.9. The van der Waals surface area contributed by atoms with Crippen LogP contribution in [0, 0.1) is 11.6 Å². The van der Waals surface area contributed by atoms with Crippen molar-refractivity contribution in [1.29, 1.82) is 0 Å². The van der Waals surface area contributed by atoms with Gasteiger partial charge < -0.3 is 19.9 Å². The summed E-state index contributed by atoms with van der Waals surface area (Å²) in [6.45, 7) is 1.64. The van der Waals surface area contributed by atoms with E-state index in [1.165, 1.54) is 42.5 Å². The van der Waals surface area contributed by atoms with E-state index in [1.807, 2.05) is 0 Å². The highest BCUT2D eigenvalue weighted by Crippen LogP contribution is 2.43. The number of alkyl halides is 2. The van der Waals surface area contributed by atoms with Gasteiger partial charge in [0.1, 0.15) is 12.1 Å². The molecule has 1 aromatic carbocycles. The van der Waals surface area contributed by atoms with Crippen LogP contribution >= 0.6 is 22.9 Å². The minimum absolute atomic E-state index is 0.0358. The molecular formula is C28H30ClF4N5O6S. The summed E-state index contributed by atoms with van der Waals surface area (Å²) in [6, 6.07) is -1.52. The molecule has 2 fully saturated rings. The smallest absolute Gasteiger partial charge is 0.338 e. The summed E-state index contributed by atoms with van der Waals surface area (Å²) in [5.41, 5.74) is -1.63. The summed E-state index contributed by atoms with van der Waals surface area (Å²) in [4.78, 5) is 41.0. The van der Waals surface area contributed by atoms with Crippen LogP contribution in [-0.4, -0.2) is 101 Å². The van der Waals surface area contributed by atoms with E-state index in [2.05, 4.69) is 15.3 Å². The Balaban J connectivity index is 1.51. The van der Waals surface area contributed by atoms with Crippen LogP contribution in [0.1, 0.15) is 36.9 Å². The maximum Gasteiger partial charge on any atom is 0.338 e. The van der Waals surface area contributed by atoms with Gasteiger partial charge in [-0.3, -0.25) is 14.7 Å². The molecule has 2 aromatic rings. The minimum atomic E-state index is -3.29. The van der Waals surface area contributed by atoms with Gasteiger partial charge in [0.2, 0.25) is 0 Å². The molecule has 0 radical (unpaired) electrons. The first-order chi connectivity index (χ1) is 21.3. The monoisotopic (exact) mass is 675 g/mol. The highest BCUT2D eigenvalue weighted by Gasteiger charge is 2.61. The predicted molar refractivity (Wildman–Crippen MR) is 154 cm³/mol. The molecule has 1 aromatic heterocycles. The Bertz CT molecular complexity index is 1530. The van der Waals surface area contributed by atoms with E-state index in [0.29, 0.717) is 5.01 Å². The number of nitrogens with one attached hydrogen (secondary N) is 1. The van der Waals surface area contributed by atoms with Crippen LogP contribution in [0.5, 0.6) is 0 Å². The first-order valence-electron chi connectivity index (χ1n) is 13.9. The number of methoxy groups -OCH3 is 1. The van der Waals surface area contributed by atoms with E-state index in [-0.39, 0.29) is 55.4 Å². The quantitative estimate of drug-likeness (QED) is 0.206. The van der Waals surface area contributed by atoms with Crippen LogP contribution in [0.15, 0.2) is 40.0 Å². The molecule has 3 aliphatic rings. The lowest BCUT2D eigenvalue weighted by Crippen LogP contribution is -2.48. The number of carbonyl (C=O) groups is 2. The average molecular weight is 676 g/mol. The third-order valence-corrected chi connectivity index (χ3v) is 9.25. The van der Waals surface area contributed by atoms with Crippen molar-refractivity contribution in [1.82, 2.24) is 20.3 Å². The second-order valence-corrected chi connectivity index (χ2v) is 12.1. The Labute approximate surface area is 264 Å². The van der Waals surface area contributed by atoms with Gasteiger partial charge in [-0.1, -0.05) is 17.7 Å². The van der Waals surface area contributed by atoms with Gasteiger partial charge in [0.25, 0.3) is 5.92 Å². The molecule has 3 aliphatic heterocycles. The molecule has 0 unspecified atom stereocenters. The SMILES string of the molecule is CCOC(=O)C1=C(CN2CC(F)(F)[C@@H]3[C@H]2CON3CC[C@](C)(OC)C(=O)O)NC(c2nccs2)=N[C@H]1c1ccc(F)c(F)c1Cl. The zero-order chi connectivity index (χ0) is 32.7. The van der Waals surface area contributed by atoms with Gasteiger partial charge in [0.15, 0.2) is 28.1 Å². The van der Waals surface area contributed by atoms with E-state index in [0.717, 1.165) is 11.1 Å². The van der Waals surface area contributed by atoms with Crippen molar-refractivity contribution >= 4 is 40.7 Å². The number of likely N-dealkylation sites (tertiary alicyclic amines) is 1. The lowest BCUT2D eigenvalue weighted by molar-refractivity contribution is -0.192. The van der Waals surface area contributed by atoms with Crippen molar-refractivity contribution in [2.75, 3.05) is 40.0 Å². The van der Waals surface area contributed by atoms with Gasteiger partial charge in [-0.25, -0.2) is 32.1 Å². The van der Waals surface area contributed by atoms with Gasteiger partial charge in [0.05, 0.1) is 36.4 Å². The molecule has 11 nitrogen and oxygen atoms in total. The molecular weight excluding hydrogens is 646 g/mol. The largest absolute Gasteiger partial charge is 0.479 e. The molecule has 4 atom stereocenters. The predicted octanol–water partition coefficient (Wildman–Crippen LogP) is 3.80. The highest BCUT2D eigenvalue weighted by molar-refractivity contribution is 7.11. The molecule has 2 saturated heterocycles. The molecule has 45 heavy (non-hydrogen) atoms. The number of aromatic nitrogens is 1. The van der Waals surface area contributed by atoms with E-state index >= 15 is 8.78 Å². The number of hydroxylamine groups is 2. The number of carboxylic acids is 1. The van der Waals surface area contributed by atoms with Gasteiger partial charge >= 0.3 is 11.9 Å². The summed E-state index contributed by atoms with van der Waals surface area (Å²) in [5.74, 6) is -7.75. The summed E-state index contributed by atoms with van der Waals surface area (Å²) in [6.07, 6.45) is 1.39. The molecule has 4 heterocycles. The average Bonchev–Trinajstić information content (AvgIpc) is 3.74. The van der Waals surface area contributed by atoms with Crippen molar-refractivity contribution in [2.24, 2.45) is 4.99 Å². The molecule has 0 aliphatic carbocycles. The van der Waals surface area contributed by atoms with Crippen LogP contribution in [0.4, 0.5) is 17.6 Å². The van der Waals surface area contributed by atoms with E-state index in [4.69, 9.17) is 25.9 Å². The number of esters is 1. The molecule has 0 saturated carbocycles. The number of aliphatic imine (C=N–C) groups is 1. The summed E-state index contributed by atoms with van der Waals surface area (Å²) >= 11 is 7.42. The molecule has 0 amide bonds. The van der Waals surface area contributed by atoms with Gasteiger partial charge in [-0.15, -0.1) is 11.3 Å². The summed E-state index contributed by atoms with van der Waals surface area (Å²) in [7, 11) is 1.23. The third kappa shape index (κ3) is 6.31. The second-order valence-electron chi connectivity index (χ2n) is 10.8. The Hall–Kier alpha value is -3.15. The van der Waals surface area contributed by atoms with Crippen molar-refractivity contribution < 1.29 is 46.6 Å². The van der Waals surface area contributed by atoms with Gasteiger partial charge in [0, 0.05) is 49.5 Å². The Kier molecular flexibility index (Phi) is 9.54. The van der Waals surface area contributed by atoms with E-state index in [9.17, 15) is 23.5 Å². The Morgan fingerprint density at radius 1 is 1.33 bits per heavy atom. The molecule has 5 rings (SSSR count).